The molecule has 1 fully saturated rings. The Bertz CT molecular complexity index is 396. The summed E-state index contributed by atoms with van der Waals surface area (Å²) in [7, 11) is 0. The Morgan fingerprint density at radius 1 is 1.62 bits per heavy atom. The van der Waals surface area contributed by atoms with E-state index in [-0.39, 0.29) is 6.61 Å². The number of ether oxygens (including phenoxy) is 1. The zero-order valence-corrected chi connectivity index (χ0v) is 8.80. The highest BCUT2D eigenvalue weighted by Crippen LogP contribution is 2.23. The van der Waals surface area contributed by atoms with Gasteiger partial charge in [-0.1, -0.05) is 0 Å². The molecule has 4 N–H and O–H groups in total. The standard InChI is InChI=1S/C10H14N4O2/c11-7-2-1-3-13-10(7)14-4-5-16-6-8(14)9(12)15/h1-3,8H,4-6,11H2,(H2,12,15). The van der Waals surface area contributed by atoms with Gasteiger partial charge in [-0.25, -0.2) is 4.98 Å². The van der Waals surface area contributed by atoms with E-state index in [9.17, 15) is 4.79 Å². The molecule has 1 aromatic rings. The number of aromatic nitrogens is 1. The van der Waals surface area contributed by atoms with Crippen LogP contribution >= 0.6 is 0 Å². The van der Waals surface area contributed by atoms with Gasteiger partial charge in [0.25, 0.3) is 0 Å². The lowest BCUT2D eigenvalue weighted by Crippen LogP contribution is -2.53. The van der Waals surface area contributed by atoms with E-state index in [4.69, 9.17) is 16.2 Å². The number of carbonyl (C=O) groups is 1. The summed E-state index contributed by atoms with van der Waals surface area (Å²) in [5, 5.41) is 0. The van der Waals surface area contributed by atoms with E-state index in [1.807, 2.05) is 0 Å². The molecule has 0 aliphatic carbocycles. The lowest BCUT2D eigenvalue weighted by Gasteiger charge is -2.34. The van der Waals surface area contributed by atoms with Crippen molar-refractivity contribution in [3.05, 3.63) is 18.3 Å². The van der Waals surface area contributed by atoms with Crippen molar-refractivity contribution in [2.45, 2.75) is 6.04 Å². The van der Waals surface area contributed by atoms with Gasteiger partial charge in [0.05, 0.1) is 18.9 Å². The van der Waals surface area contributed by atoms with Crippen molar-refractivity contribution in [3.8, 4) is 0 Å². The maximum atomic E-state index is 11.3. The molecule has 2 heterocycles. The van der Waals surface area contributed by atoms with Gasteiger partial charge < -0.3 is 21.1 Å². The summed E-state index contributed by atoms with van der Waals surface area (Å²) in [6.45, 7) is 1.39. The van der Waals surface area contributed by atoms with Crippen LogP contribution in [0, 0.1) is 0 Å². The molecule has 86 valence electrons. The topological polar surface area (TPSA) is 94.5 Å². The number of morpholine rings is 1. The molecule has 0 spiro atoms. The summed E-state index contributed by atoms with van der Waals surface area (Å²) >= 11 is 0. The van der Waals surface area contributed by atoms with Crippen molar-refractivity contribution >= 4 is 17.4 Å². The van der Waals surface area contributed by atoms with Crippen LogP contribution in [0.3, 0.4) is 0 Å². The predicted molar refractivity (Wildman–Crippen MR) is 59.8 cm³/mol. The van der Waals surface area contributed by atoms with Crippen LogP contribution in [-0.2, 0) is 9.53 Å². The van der Waals surface area contributed by atoms with Crippen molar-refractivity contribution in [1.29, 1.82) is 0 Å². The van der Waals surface area contributed by atoms with Crippen molar-refractivity contribution < 1.29 is 9.53 Å². The molecule has 1 unspecified atom stereocenters. The lowest BCUT2D eigenvalue weighted by molar-refractivity contribution is -0.121. The largest absolute Gasteiger partial charge is 0.396 e. The van der Waals surface area contributed by atoms with Crippen LogP contribution in [-0.4, -0.2) is 36.7 Å². The molecular formula is C10H14N4O2. The van der Waals surface area contributed by atoms with Crippen LogP contribution in [0.4, 0.5) is 11.5 Å². The summed E-state index contributed by atoms with van der Waals surface area (Å²) in [6, 6.07) is 3.00. The third kappa shape index (κ3) is 1.92. The number of hydrogen-bond donors (Lipinski definition) is 2. The molecule has 16 heavy (non-hydrogen) atoms. The molecule has 2 rings (SSSR count). The number of nitrogen functional groups attached to an aromatic ring is 1. The summed E-state index contributed by atoms with van der Waals surface area (Å²) in [5.74, 6) is 0.166. The second-order valence-corrected chi connectivity index (χ2v) is 3.60. The van der Waals surface area contributed by atoms with Gasteiger partial charge in [-0.05, 0) is 12.1 Å². The fourth-order valence-corrected chi connectivity index (χ4v) is 1.74. The molecule has 1 saturated heterocycles. The Balaban J connectivity index is 2.30. The van der Waals surface area contributed by atoms with Gasteiger partial charge in [0.15, 0.2) is 5.82 Å². The number of nitrogens with zero attached hydrogens (tertiary/aromatic N) is 2. The van der Waals surface area contributed by atoms with Gasteiger partial charge >= 0.3 is 0 Å². The fraction of sp³-hybridized carbons (Fsp3) is 0.400. The highest BCUT2D eigenvalue weighted by Gasteiger charge is 2.29. The smallest absolute Gasteiger partial charge is 0.242 e. The summed E-state index contributed by atoms with van der Waals surface area (Å²) < 4.78 is 5.22. The number of pyridine rings is 1. The second-order valence-electron chi connectivity index (χ2n) is 3.60. The molecule has 6 heteroatoms. The molecule has 1 atom stereocenters. The van der Waals surface area contributed by atoms with Crippen molar-refractivity contribution in [3.63, 3.8) is 0 Å². The number of rotatable bonds is 2. The highest BCUT2D eigenvalue weighted by molar-refractivity contribution is 5.84. The number of amides is 1. The monoisotopic (exact) mass is 222 g/mol. The Hall–Kier alpha value is -1.82. The average molecular weight is 222 g/mol. The maximum absolute atomic E-state index is 11.3. The van der Waals surface area contributed by atoms with Crippen LogP contribution in [0.2, 0.25) is 0 Å². The third-order valence-electron chi connectivity index (χ3n) is 2.55. The number of carbonyl (C=O) groups excluding carboxylic acids is 1. The first-order valence-corrected chi connectivity index (χ1v) is 5.04. The van der Waals surface area contributed by atoms with Crippen LogP contribution in [0.5, 0.6) is 0 Å². The summed E-state index contributed by atoms with van der Waals surface area (Å²) in [4.78, 5) is 17.2. The first-order valence-electron chi connectivity index (χ1n) is 5.04. The van der Waals surface area contributed by atoms with E-state index in [2.05, 4.69) is 4.98 Å². The average Bonchev–Trinajstić information content (AvgIpc) is 2.29. The molecule has 0 saturated carbocycles. The molecular weight excluding hydrogens is 208 g/mol. The van der Waals surface area contributed by atoms with E-state index in [0.717, 1.165) is 0 Å². The van der Waals surface area contributed by atoms with E-state index in [0.29, 0.717) is 24.7 Å². The van der Waals surface area contributed by atoms with Crippen LogP contribution < -0.4 is 16.4 Å². The van der Waals surface area contributed by atoms with Crippen molar-refractivity contribution in [1.82, 2.24) is 4.98 Å². The molecule has 6 nitrogen and oxygen atoms in total. The Labute approximate surface area is 93.2 Å². The number of primary amides is 1. The molecule has 1 aliphatic rings. The predicted octanol–water partition coefficient (Wildman–Crippen LogP) is -0.646. The Morgan fingerprint density at radius 2 is 2.44 bits per heavy atom. The van der Waals surface area contributed by atoms with Crippen LogP contribution in [0.25, 0.3) is 0 Å². The van der Waals surface area contributed by atoms with Gasteiger partial charge in [0.2, 0.25) is 5.91 Å². The Morgan fingerprint density at radius 3 is 3.12 bits per heavy atom. The lowest BCUT2D eigenvalue weighted by atomic mass is 10.2. The van der Waals surface area contributed by atoms with E-state index in [1.54, 1.807) is 23.2 Å². The van der Waals surface area contributed by atoms with Gasteiger partial charge in [-0.2, -0.15) is 0 Å². The van der Waals surface area contributed by atoms with E-state index < -0.39 is 11.9 Å². The minimum Gasteiger partial charge on any atom is -0.396 e. The molecule has 0 bridgehead atoms. The summed E-state index contributed by atoms with van der Waals surface area (Å²) in [6.07, 6.45) is 1.64. The number of anilines is 2. The molecule has 0 radical (unpaired) electrons. The maximum Gasteiger partial charge on any atom is 0.242 e. The zero-order valence-electron chi connectivity index (χ0n) is 8.80. The van der Waals surface area contributed by atoms with Crippen LogP contribution in [0.15, 0.2) is 18.3 Å². The molecule has 0 aromatic carbocycles. The van der Waals surface area contributed by atoms with Crippen molar-refractivity contribution in [2.75, 3.05) is 30.4 Å². The normalized spacial score (nSPS) is 20.8. The van der Waals surface area contributed by atoms with Gasteiger partial charge in [0, 0.05) is 12.7 Å². The molecule has 1 aromatic heterocycles. The quantitative estimate of drug-likeness (QED) is 0.693. The fourth-order valence-electron chi connectivity index (χ4n) is 1.74. The second kappa shape index (κ2) is 4.36. The first kappa shape index (κ1) is 10.7. The summed E-state index contributed by atoms with van der Waals surface area (Å²) in [5.41, 5.74) is 11.7. The number of hydrogen-bond acceptors (Lipinski definition) is 5. The SMILES string of the molecule is NC(=O)C1COCCN1c1ncccc1N. The van der Waals surface area contributed by atoms with E-state index >= 15 is 0 Å². The van der Waals surface area contributed by atoms with E-state index in [1.165, 1.54) is 0 Å². The highest BCUT2D eigenvalue weighted by atomic mass is 16.5. The van der Waals surface area contributed by atoms with Crippen LogP contribution in [0.1, 0.15) is 0 Å². The first-order chi connectivity index (χ1) is 7.70. The Kier molecular flexibility index (Phi) is 2.91. The zero-order chi connectivity index (χ0) is 11.5. The molecule has 1 amide bonds. The van der Waals surface area contributed by atoms with Gasteiger partial charge in [0.1, 0.15) is 6.04 Å². The number of nitrogens with two attached hydrogens (primary N) is 2. The molecule has 1 aliphatic heterocycles. The van der Waals surface area contributed by atoms with Gasteiger partial charge in [-0.15, -0.1) is 0 Å². The van der Waals surface area contributed by atoms with Crippen molar-refractivity contribution in [2.24, 2.45) is 5.73 Å². The third-order valence-corrected chi connectivity index (χ3v) is 2.55. The minimum atomic E-state index is -0.494. The minimum absolute atomic E-state index is 0.283. The van der Waals surface area contributed by atoms with Gasteiger partial charge in [-0.3, -0.25) is 4.79 Å².